The number of hydrogen-bond acceptors (Lipinski definition) is 8. The average molecular weight is 401 g/mol. The third-order valence-electron chi connectivity index (χ3n) is 5.16. The van der Waals surface area contributed by atoms with E-state index in [9.17, 15) is 0 Å². The Kier molecular flexibility index (Phi) is 3.83. The molecule has 144 valence electrons. The molecule has 1 aliphatic rings. The fourth-order valence-electron chi connectivity index (χ4n) is 3.43. The van der Waals surface area contributed by atoms with Crippen LogP contribution in [0.4, 0.5) is 0 Å². The molecule has 4 heterocycles. The van der Waals surface area contributed by atoms with Crippen molar-refractivity contribution in [1.82, 2.24) is 39.7 Å². The molecule has 1 aliphatic carbocycles. The van der Waals surface area contributed by atoms with Gasteiger partial charge < -0.3 is 9.26 Å². The molecule has 0 radical (unpaired) electrons. The van der Waals surface area contributed by atoms with E-state index in [-0.39, 0.29) is 17.2 Å². The van der Waals surface area contributed by atoms with Crippen molar-refractivity contribution in [1.29, 1.82) is 0 Å². The van der Waals surface area contributed by atoms with E-state index in [1.807, 2.05) is 13.1 Å². The maximum absolute atomic E-state index is 6.04. The first kappa shape index (κ1) is 17.1. The van der Waals surface area contributed by atoms with E-state index in [0.717, 1.165) is 18.4 Å². The Morgan fingerprint density at radius 3 is 2.75 bits per heavy atom. The fraction of sp³-hybridized carbons (Fsp3) is 0.412. The lowest BCUT2D eigenvalue weighted by Gasteiger charge is -2.39. The Morgan fingerprint density at radius 2 is 2.11 bits per heavy atom. The van der Waals surface area contributed by atoms with Crippen molar-refractivity contribution in [2.75, 3.05) is 0 Å². The number of aryl methyl sites for hydroxylation is 1. The monoisotopic (exact) mass is 400 g/mol. The molecule has 5 rings (SSSR count). The van der Waals surface area contributed by atoms with Gasteiger partial charge in [-0.3, -0.25) is 4.68 Å². The Morgan fingerprint density at radius 1 is 1.25 bits per heavy atom. The SMILES string of the molecule is Cn1cnc(COc2nn3c(-c4cc(Cl)on4)nnc3cc2C2(C)CCC2)n1. The summed E-state index contributed by atoms with van der Waals surface area (Å²) in [6.07, 6.45) is 4.96. The normalized spacial score (nSPS) is 15.7. The lowest BCUT2D eigenvalue weighted by atomic mass is 9.66. The van der Waals surface area contributed by atoms with Gasteiger partial charge in [-0.15, -0.1) is 15.3 Å². The van der Waals surface area contributed by atoms with Crippen LogP contribution >= 0.6 is 11.6 Å². The summed E-state index contributed by atoms with van der Waals surface area (Å²) in [5, 5.41) is 21.4. The van der Waals surface area contributed by atoms with Crippen molar-refractivity contribution in [3.63, 3.8) is 0 Å². The largest absolute Gasteiger partial charge is 0.468 e. The van der Waals surface area contributed by atoms with Crippen molar-refractivity contribution in [3.05, 3.63) is 35.1 Å². The van der Waals surface area contributed by atoms with Crippen LogP contribution < -0.4 is 4.74 Å². The smallest absolute Gasteiger partial charge is 0.236 e. The summed E-state index contributed by atoms with van der Waals surface area (Å²) in [5.74, 6) is 1.52. The minimum atomic E-state index is 0.00490. The van der Waals surface area contributed by atoms with Gasteiger partial charge in [0.05, 0.1) is 0 Å². The summed E-state index contributed by atoms with van der Waals surface area (Å²) < 4.78 is 14.2. The molecular weight excluding hydrogens is 384 g/mol. The van der Waals surface area contributed by atoms with Gasteiger partial charge >= 0.3 is 0 Å². The summed E-state index contributed by atoms with van der Waals surface area (Å²) in [7, 11) is 1.81. The van der Waals surface area contributed by atoms with Gasteiger partial charge in [-0.2, -0.15) is 9.61 Å². The molecule has 28 heavy (non-hydrogen) atoms. The number of nitrogens with zero attached hydrogens (tertiary/aromatic N) is 8. The van der Waals surface area contributed by atoms with Gasteiger partial charge in [0.15, 0.2) is 23.8 Å². The van der Waals surface area contributed by atoms with Gasteiger partial charge in [-0.25, -0.2) is 4.98 Å². The fourth-order valence-corrected chi connectivity index (χ4v) is 3.57. The number of fused-ring (bicyclic) bond motifs is 1. The molecule has 0 amide bonds. The first-order valence-corrected chi connectivity index (χ1v) is 9.26. The lowest BCUT2D eigenvalue weighted by Crippen LogP contribution is -2.31. The van der Waals surface area contributed by atoms with Gasteiger partial charge in [0.2, 0.25) is 16.9 Å². The van der Waals surface area contributed by atoms with Crippen molar-refractivity contribution < 1.29 is 9.26 Å². The predicted octanol–water partition coefficient (Wildman–Crippen LogP) is 2.58. The Hall–Kier alpha value is -3.01. The number of halogens is 1. The molecule has 1 fully saturated rings. The molecule has 1 saturated carbocycles. The van der Waals surface area contributed by atoms with Gasteiger partial charge in [-0.05, 0) is 35.9 Å². The van der Waals surface area contributed by atoms with E-state index in [1.54, 1.807) is 21.6 Å². The molecular formula is C17H17ClN8O2. The molecule has 4 aromatic rings. The van der Waals surface area contributed by atoms with Crippen LogP contribution in [-0.4, -0.2) is 39.7 Å². The van der Waals surface area contributed by atoms with E-state index < -0.39 is 0 Å². The average Bonchev–Trinajstić information content (AvgIpc) is 3.36. The highest BCUT2D eigenvalue weighted by molar-refractivity contribution is 6.29. The second-order valence-corrected chi connectivity index (χ2v) is 7.58. The summed E-state index contributed by atoms with van der Waals surface area (Å²) in [5.41, 5.74) is 2.08. The maximum Gasteiger partial charge on any atom is 0.236 e. The van der Waals surface area contributed by atoms with Gasteiger partial charge in [0, 0.05) is 18.7 Å². The van der Waals surface area contributed by atoms with Crippen LogP contribution in [-0.2, 0) is 19.1 Å². The number of rotatable bonds is 5. The zero-order valence-electron chi connectivity index (χ0n) is 15.3. The molecule has 4 aromatic heterocycles. The minimum Gasteiger partial charge on any atom is -0.468 e. The Bertz CT molecular complexity index is 1160. The molecule has 0 spiro atoms. The quantitative estimate of drug-likeness (QED) is 0.502. The summed E-state index contributed by atoms with van der Waals surface area (Å²) in [6, 6.07) is 3.55. The lowest BCUT2D eigenvalue weighted by molar-refractivity contribution is 0.233. The first-order chi connectivity index (χ1) is 13.5. The van der Waals surface area contributed by atoms with Gasteiger partial charge in [-0.1, -0.05) is 18.5 Å². The minimum absolute atomic E-state index is 0.00490. The van der Waals surface area contributed by atoms with E-state index in [4.69, 9.17) is 20.9 Å². The molecule has 0 bridgehead atoms. The van der Waals surface area contributed by atoms with Crippen molar-refractivity contribution in [2.45, 2.75) is 38.2 Å². The standard InChI is InChI=1S/C17H17ClN8O2/c1-17(4-3-5-17)10-6-14-20-21-15(11-7-12(18)28-24-11)26(14)23-16(10)27-8-13-19-9-25(2)22-13/h6-7,9H,3-5,8H2,1-2H3. The highest BCUT2D eigenvalue weighted by Gasteiger charge is 2.37. The third-order valence-corrected chi connectivity index (χ3v) is 5.34. The zero-order chi connectivity index (χ0) is 19.3. The highest BCUT2D eigenvalue weighted by atomic mass is 35.5. The van der Waals surface area contributed by atoms with Crippen LogP contribution in [0.1, 0.15) is 37.6 Å². The van der Waals surface area contributed by atoms with Crippen molar-refractivity contribution >= 4 is 17.2 Å². The summed E-state index contributed by atoms with van der Waals surface area (Å²) in [6.45, 7) is 2.43. The zero-order valence-corrected chi connectivity index (χ0v) is 16.1. The van der Waals surface area contributed by atoms with Crippen LogP contribution in [0.25, 0.3) is 17.2 Å². The third kappa shape index (κ3) is 2.80. The summed E-state index contributed by atoms with van der Waals surface area (Å²) in [4.78, 5) is 4.21. The molecule has 0 aliphatic heterocycles. The Balaban J connectivity index is 1.58. The van der Waals surface area contributed by atoms with Crippen LogP contribution in [0.3, 0.4) is 0 Å². The number of hydrogen-bond donors (Lipinski definition) is 0. The van der Waals surface area contributed by atoms with E-state index in [0.29, 0.717) is 28.9 Å². The van der Waals surface area contributed by atoms with Crippen molar-refractivity contribution in [3.8, 4) is 17.4 Å². The molecule has 0 aromatic carbocycles. The topological polar surface area (TPSA) is 109 Å². The first-order valence-electron chi connectivity index (χ1n) is 8.89. The molecule has 11 heteroatoms. The molecule has 0 atom stereocenters. The molecule has 10 nitrogen and oxygen atoms in total. The van der Waals surface area contributed by atoms with E-state index in [1.165, 1.54) is 6.42 Å². The van der Waals surface area contributed by atoms with Crippen LogP contribution in [0.15, 0.2) is 23.0 Å². The second-order valence-electron chi connectivity index (χ2n) is 7.21. The number of ether oxygens (including phenoxy) is 1. The Labute approximate surface area is 164 Å². The van der Waals surface area contributed by atoms with Gasteiger partial charge in [0.1, 0.15) is 6.33 Å². The molecule has 0 saturated heterocycles. The highest BCUT2D eigenvalue weighted by Crippen LogP contribution is 2.46. The van der Waals surface area contributed by atoms with E-state index >= 15 is 0 Å². The van der Waals surface area contributed by atoms with Gasteiger partial charge in [0.25, 0.3) is 0 Å². The van der Waals surface area contributed by atoms with E-state index in [2.05, 4.69) is 37.5 Å². The van der Waals surface area contributed by atoms with Crippen molar-refractivity contribution in [2.24, 2.45) is 7.05 Å². The second kappa shape index (κ2) is 6.26. The predicted molar refractivity (Wildman–Crippen MR) is 97.8 cm³/mol. The molecule has 0 unspecified atom stereocenters. The summed E-state index contributed by atoms with van der Waals surface area (Å²) >= 11 is 5.84. The maximum atomic E-state index is 6.04. The van der Waals surface area contributed by atoms with Crippen LogP contribution in [0.5, 0.6) is 5.88 Å². The van der Waals surface area contributed by atoms with Crippen LogP contribution in [0.2, 0.25) is 5.22 Å². The van der Waals surface area contributed by atoms with Crippen LogP contribution in [0, 0.1) is 0 Å². The molecule has 0 N–H and O–H groups in total. The number of aromatic nitrogens is 8.